The monoisotopic (exact) mass is 397 g/mol. The van der Waals surface area contributed by atoms with Crippen molar-refractivity contribution in [2.75, 3.05) is 26.2 Å². The van der Waals surface area contributed by atoms with E-state index in [1.54, 1.807) is 33.2 Å². The molecule has 0 fully saturated rings. The number of pyridine rings is 1. The fraction of sp³-hybridized carbons (Fsp3) is 0.364. The second-order valence-corrected chi connectivity index (χ2v) is 7.04. The fourth-order valence-electron chi connectivity index (χ4n) is 3.40. The van der Waals surface area contributed by atoms with Crippen molar-refractivity contribution >= 4 is 17.4 Å². The van der Waals surface area contributed by atoms with Crippen LogP contribution in [0.5, 0.6) is 17.2 Å². The third-order valence-corrected chi connectivity index (χ3v) is 4.78. The van der Waals surface area contributed by atoms with Gasteiger partial charge in [0.25, 0.3) is 0 Å². The molecular weight excluding hydrogens is 370 g/mol. The maximum absolute atomic E-state index is 12.7. The number of methoxy groups -OCH3 is 3. The van der Waals surface area contributed by atoms with Crippen LogP contribution in [0.4, 0.5) is 5.82 Å². The highest BCUT2D eigenvalue weighted by Gasteiger charge is 2.24. The normalized spacial score (nSPS) is 11.0. The van der Waals surface area contributed by atoms with Gasteiger partial charge in [-0.25, -0.2) is 4.98 Å². The second-order valence-electron chi connectivity index (χ2n) is 7.04. The summed E-state index contributed by atoms with van der Waals surface area (Å²) in [6, 6.07) is 9.52. The van der Waals surface area contributed by atoms with Crippen molar-refractivity contribution in [3.05, 3.63) is 47.8 Å². The summed E-state index contributed by atoms with van der Waals surface area (Å²) in [4.78, 5) is 19.2. The first kappa shape index (κ1) is 20.5. The summed E-state index contributed by atoms with van der Waals surface area (Å²) in [6.07, 6.45) is 1.93. The van der Waals surface area contributed by atoms with Gasteiger partial charge in [-0.2, -0.15) is 0 Å². The van der Waals surface area contributed by atoms with E-state index in [9.17, 15) is 4.79 Å². The summed E-state index contributed by atoms with van der Waals surface area (Å²) < 4.78 is 18.3. The molecule has 0 saturated heterocycles. The maximum Gasteiger partial charge on any atom is 0.225 e. The SMILES string of the molecule is COc1cc(CN(C(C)=O)c2c(C(C)C)nc3ccccn23)cc(OC)c1OC. The topological polar surface area (TPSA) is 65.3 Å². The first-order chi connectivity index (χ1) is 13.9. The van der Waals surface area contributed by atoms with Gasteiger partial charge in [-0.05, 0) is 35.7 Å². The number of hydrogen-bond donors (Lipinski definition) is 0. The molecule has 1 amide bonds. The molecule has 0 bridgehead atoms. The minimum Gasteiger partial charge on any atom is -0.493 e. The molecule has 29 heavy (non-hydrogen) atoms. The quantitative estimate of drug-likeness (QED) is 0.602. The van der Waals surface area contributed by atoms with Gasteiger partial charge < -0.3 is 14.2 Å². The molecule has 3 aromatic rings. The van der Waals surface area contributed by atoms with E-state index in [0.29, 0.717) is 23.8 Å². The Morgan fingerprint density at radius 2 is 1.76 bits per heavy atom. The lowest BCUT2D eigenvalue weighted by Crippen LogP contribution is -2.30. The van der Waals surface area contributed by atoms with Gasteiger partial charge in [0.15, 0.2) is 11.5 Å². The zero-order valence-electron chi connectivity index (χ0n) is 17.7. The van der Waals surface area contributed by atoms with Gasteiger partial charge in [0.1, 0.15) is 11.5 Å². The highest BCUT2D eigenvalue weighted by Crippen LogP contribution is 2.39. The molecule has 154 valence electrons. The molecule has 0 aliphatic rings. The van der Waals surface area contributed by atoms with E-state index in [4.69, 9.17) is 19.2 Å². The Labute approximate surface area is 170 Å². The van der Waals surface area contributed by atoms with Crippen LogP contribution >= 0.6 is 0 Å². The maximum atomic E-state index is 12.7. The van der Waals surface area contributed by atoms with Crippen molar-refractivity contribution in [1.82, 2.24) is 9.38 Å². The molecule has 0 atom stereocenters. The van der Waals surface area contributed by atoms with Crippen LogP contribution in [0.2, 0.25) is 0 Å². The Bertz CT molecular complexity index is 1000. The van der Waals surface area contributed by atoms with E-state index in [-0.39, 0.29) is 11.8 Å². The number of hydrogen-bond acceptors (Lipinski definition) is 5. The summed E-state index contributed by atoms with van der Waals surface area (Å²) in [6.45, 7) is 6.05. The van der Waals surface area contributed by atoms with Crippen molar-refractivity contribution in [3.8, 4) is 17.2 Å². The highest BCUT2D eigenvalue weighted by molar-refractivity contribution is 5.92. The Morgan fingerprint density at radius 1 is 1.10 bits per heavy atom. The number of amides is 1. The Morgan fingerprint density at radius 3 is 2.28 bits per heavy atom. The fourth-order valence-corrected chi connectivity index (χ4v) is 3.40. The molecule has 0 radical (unpaired) electrons. The molecule has 0 aliphatic heterocycles. The van der Waals surface area contributed by atoms with Gasteiger partial charge >= 0.3 is 0 Å². The smallest absolute Gasteiger partial charge is 0.225 e. The second kappa shape index (κ2) is 8.43. The van der Waals surface area contributed by atoms with E-state index in [2.05, 4.69) is 13.8 Å². The summed E-state index contributed by atoms with van der Waals surface area (Å²) >= 11 is 0. The van der Waals surface area contributed by atoms with Gasteiger partial charge in [-0.3, -0.25) is 14.1 Å². The van der Waals surface area contributed by atoms with Crippen LogP contribution in [0, 0.1) is 0 Å². The Hall–Kier alpha value is -3.22. The minimum atomic E-state index is -0.0775. The number of nitrogens with zero attached hydrogens (tertiary/aromatic N) is 3. The number of carbonyl (C=O) groups excluding carboxylic acids is 1. The largest absolute Gasteiger partial charge is 0.493 e. The lowest BCUT2D eigenvalue weighted by molar-refractivity contribution is -0.116. The molecule has 7 heteroatoms. The summed E-state index contributed by atoms with van der Waals surface area (Å²) in [5.41, 5.74) is 2.54. The molecule has 3 rings (SSSR count). The first-order valence-corrected chi connectivity index (χ1v) is 9.45. The van der Waals surface area contributed by atoms with Crippen LogP contribution < -0.4 is 19.1 Å². The van der Waals surface area contributed by atoms with Crippen molar-refractivity contribution in [1.29, 1.82) is 0 Å². The number of rotatable bonds is 7. The zero-order valence-corrected chi connectivity index (χ0v) is 17.7. The predicted molar refractivity (Wildman–Crippen MR) is 112 cm³/mol. The van der Waals surface area contributed by atoms with E-state index < -0.39 is 0 Å². The van der Waals surface area contributed by atoms with E-state index in [1.807, 2.05) is 40.9 Å². The molecule has 0 saturated carbocycles. The summed E-state index contributed by atoms with van der Waals surface area (Å²) in [5, 5.41) is 0. The number of anilines is 1. The molecule has 0 aliphatic carbocycles. The number of ether oxygens (including phenoxy) is 3. The lowest BCUT2D eigenvalue weighted by atomic mass is 10.1. The molecule has 7 nitrogen and oxygen atoms in total. The third kappa shape index (κ3) is 3.85. The molecule has 2 heterocycles. The number of aromatic nitrogens is 2. The molecule has 2 aromatic heterocycles. The predicted octanol–water partition coefficient (Wildman–Crippen LogP) is 4.04. The van der Waals surface area contributed by atoms with Crippen LogP contribution in [-0.4, -0.2) is 36.6 Å². The Balaban J connectivity index is 2.13. The molecule has 0 N–H and O–H groups in total. The van der Waals surface area contributed by atoms with Gasteiger partial charge in [-0.15, -0.1) is 0 Å². The minimum absolute atomic E-state index is 0.0775. The summed E-state index contributed by atoms with van der Waals surface area (Å²) in [7, 11) is 4.71. The number of benzene rings is 1. The van der Waals surface area contributed by atoms with Gasteiger partial charge in [0, 0.05) is 13.1 Å². The van der Waals surface area contributed by atoms with Crippen LogP contribution in [0.25, 0.3) is 5.65 Å². The Kier molecular flexibility index (Phi) is 5.96. The number of carbonyl (C=O) groups is 1. The van der Waals surface area contributed by atoms with Crippen molar-refractivity contribution in [2.24, 2.45) is 0 Å². The first-order valence-electron chi connectivity index (χ1n) is 9.45. The zero-order chi connectivity index (χ0) is 21.1. The number of fused-ring (bicyclic) bond motifs is 1. The molecule has 0 unspecified atom stereocenters. The van der Waals surface area contributed by atoms with Gasteiger partial charge in [0.05, 0.1) is 33.6 Å². The molecule has 0 spiro atoms. The average molecular weight is 397 g/mol. The van der Waals surface area contributed by atoms with Crippen LogP contribution in [0.3, 0.4) is 0 Å². The standard InChI is InChI=1S/C22H27N3O4/c1-14(2)20-22(24-10-8-7-9-19(24)23-20)25(15(3)26)13-16-11-17(27-4)21(29-6)18(12-16)28-5/h7-12,14H,13H2,1-6H3. The third-order valence-electron chi connectivity index (χ3n) is 4.78. The molecule has 1 aromatic carbocycles. The van der Waals surface area contributed by atoms with Gasteiger partial charge in [0.2, 0.25) is 11.7 Å². The molecular formula is C22H27N3O4. The average Bonchev–Trinajstić information content (AvgIpc) is 3.10. The van der Waals surface area contributed by atoms with E-state index in [1.165, 1.54) is 0 Å². The summed E-state index contributed by atoms with van der Waals surface area (Å²) in [5.74, 6) is 2.47. The van der Waals surface area contributed by atoms with Crippen molar-refractivity contribution in [2.45, 2.75) is 33.2 Å². The lowest BCUT2D eigenvalue weighted by Gasteiger charge is -2.24. The van der Waals surface area contributed by atoms with Gasteiger partial charge in [-0.1, -0.05) is 19.9 Å². The van der Waals surface area contributed by atoms with E-state index >= 15 is 0 Å². The number of imidazole rings is 1. The van der Waals surface area contributed by atoms with Crippen molar-refractivity contribution < 1.29 is 19.0 Å². The van der Waals surface area contributed by atoms with Crippen LogP contribution in [0.15, 0.2) is 36.5 Å². The highest BCUT2D eigenvalue weighted by atomic mass is 16.5. The van der Waals surface area contributed by atoms with Crippen LogP contribution in [-0.2, 0) is 11.3 Å². The van der Waals surface area contributed by atoms with Crippen LogP contribution in [0.1, 0.15) is 37.9 Å². The van der Waals surface area contributed by atoms with Crippen molar-refractivity contribution in [3.63, 3.8) is 0 Å². The van der Waals surface area contributed by atoms with E-state index in [0.717, 1.165) is 22.7 Å².